The van der Waals surface area contributed by atoms with Crippen LogP contribution in [0.5, 0.6) is 0 Å². The maximum absolute atomic E-state index is 13.7. The number of hydrogen-bond acceptors (Lipinski definition) is 10. The minimum absolute atomic E-state index is 0.0722. The highest BCUT2D eigenvalue weighted by Gasteiger charge is 2.49. The molecule has 4 N–H and O–H groups in total. The van der Waals surface area contributed by atoms with Crippen LogP contribution in [0, 0.1) is 0 Å². The van der Waals surface area contributed by atoms with Gasteiger partial charge in [0.2, 0.25) is 11.7 Å². The van der Waals surface area contributed by atoms with Gasteiger partial charge in [-0.2, -0.15) is 13.2 Å². The van der Waals surface area contributed by atoms with Crippen molar-refractivity contribution in [2.45, 2.75) is 50.2 Å². The number of pyridine rings is 1. The minimum Gasteiger partial charge on any atom is -0.382 e. The van der Waals surface area contributed by atoms with Crippen LogP contribution in [0.4, 0.5) is 13.2 Å². The van der Waals surface area contributed by atoms with E-state index in [9.17, 15) is 37.5 Å². The SMILES string of the molecule is CC1(N)CC1c1cc(Cl)ccc1-c1nn(Cc2nc(C(=O)N3CCNC(=O)C3)n(-c3cnccc3C=O)n2)c(=O)n1C[C@H](O)C(F)(F)F. The molecule has 15 nitrogen and oxygen atoms in total. The molecule has 2 amide bonds. The van der Waals surface area contributed by atoms with Gasteiger partial charge < -0.3 is 21.1 Å². The van der Waals surface area contributed by atoms with Crippen LogP contribution in [0.15, 0.2) is 41.5 Å². The molecule has 0 bridgehead atoms. The molecule has 2 unspecified atom stereocenters. The number of aliphatic hydroxyl groups excluding tert-OH is 1. The molecule has 19 heteroatoms. The fraction of sp³-hybridized carbons (Fsp3) is 0.379. The Morgan fingerprint density at radius 3 is 2.69 bits per heavy atom. The molecule has 3 aromatic heterocycles. The van der Waals surface area contributed by atoms with Gasteiger partial charge in [-0.25, -0.2) is 19.1 Å². The van der Waals surface area contributed by atoms with Gasteiger partial charge in [-0.3, -0.25) is 23.9 Å². The fourth-order valence-electron chi connectivity index (χ4n) is 5.54. The van der Waals surface area contributed by atoms with Crippen LogP contribution in [0.1, 0.15) is 51.6 Å². The van der Waals surface area contributed by atoms with Gasteiger partial charge in [0, 0.05) is 46.9 Å². The Kier molecular flexibility index (Phi) is 8.42. The van der Waals surface area contributed by atoms with Crippen LogP contribution in [-0.2, 0) is 17.9 Å². The second-order valence-electron chi connectivity index (χ2n) is 11.8. The van der Waals surface area contributed by atoms with E-state index in [4.69, 9.17) is 17.3 Å². The lowest BCUT2D eigenvalue weighted by atomic mass is 10.00. The number of aliphatic hydroxyl groups is 1. The Hall–Kier alpha value is -4.94. The van der Waals surface area contributed by atoms with Crippen LogP contribution in [0.2, 0.25) is 5.02 Å². The number of aromatic nitrogens is 7. The van der Waals surface area contributed by atoms with Crippen LogP contribution < -0.4 is 16.7 Å². The van der Waals surface area contributed by atoms with E-state index in [0.29, 0.717) is 27.9 Å². The Morgan fingerprint density at radius 1 is 1.27 bits per heavy atom. The van der Waals surface area contributed by atoms with E-state index in [1.807, 2.05) is 0 Å². The maximum atomic E-state index is 13.7. The number of alkyl halides is 3. The third-order valence-corrected chi connectivity index (χ3v) is 8.45. The number of hydrogen-bond donors (Lipinski definition) is 3. The molecule has 4 heterocycles. The second kappa shape index (κ2) is 12.3. The number of nitrogens with one attached hydrogen (secondary N) is 1. The van der Waals surface area contributed by atoms with Gasteiger partial charge in [-0.05, 0) is 43.2 Å². The number of benzene rings is 1. The standard InChI is InChI=1S/C29H28ClF3N10O5/c1-28(34)9-19(28)18-8-16(30)2-3-17(18)24-39-42(27(48)41(24)11-21(45)29(31,32)33)12-22-37-25(26(47)40-7-6-36-23(46)13-40)43(38-22)20-10-35-5-4-15(20)14-44/h2-5,8,10,14,19,21,45H,6-7,9,11-13,34H2,1H3,(H,36,46)/t19?,21-,28?/m0/s1. The molecule has 252 valence electrons. The van der Waals surface area contributed by atoms with Crippen molar-refractivity contribution in [3.63, 3.8) is 0 Å². The van der Waals surface area contributed by atoms with Gasteiger partial charge in [-0.1, -0.05) is 11.6 Å². The third kappa shape index (κ3) is 6.33. The van der Waals surface area contributed by atoms with Gasteiger partial charge in [-0.15, -0.1) is 10.2 Å². The number of carbonyl (C=O) groups excluding carboxylic acids is 3. The minimum atomic E-state index is -5.05. The molecule has 0 radical (unpaired) electrons. The molecule has 6 rings (SSSR count). The summed E-state index contributed by atoms with van der Waals surface area (Å²) >= 11 is 6.25. The van der Waals surface area contributed by atoms with Crippen molar-refractivity contribution >= 4 is 29.7 Å². The topological polar surface area (TPSA) is 196 Å². The van der Waals surface area contributed by atoms with E-state index in [1.54, 1.807) is 13.0 Å². The molecule has 4 aromatic rings. The summed E-state index contributed by atoms with van der Waals surface area (Å²) in [6.45, 7) is 0.166. The number of amides is 2. The van der Waals surface area contributed by atoms with Crippen molar-refractivity contribution in [3.8, 4) is 17.1 Å². The summed E-state index contributed by atoms with van der Waals surface area (Å²) in [5, 5.41) is 21.6. The Morgan fingerprint density at radius 2 is 2.02 bits per heavy atom. The Balaban J connectivity index is 1.46. The molecular formula is C29H28ClF3N10O5. The van der Waals surface area contributed by atoms with Gasteiger partial charge >= 0.3 is 11.9 Å². The summed E-state index contributed by atoms with van der Waals surface area (Å²) in [6.07, 6.45) is -4.27. The van der Waals surface area contributed by atoms with Gasteiger partial charge in [0.1, 0.15) is 13.1 Å². The molecule has 48 heavy (non-hydrogen) atoms. The number of rotatable bonds is 9. The number of nitrogens with zero attached hydrogens (tertiary/aromatic N) is 8. The van der Waals surface area contributed by atoms with Crippen molar-refractivity contribution in [1.29, 1.82) is 0 Å². The zero-order chi connectivity index (χ0) is 34.5. The second-order valence-corrected chi connectivity index (χ2v) is 12.3. The summed E-state index contributed by atoms with van der Waals surface area (Å²) in [7, 11) is 0. The van der Waals surface area contributed by atoms with Crippen molar-refractivity contribution in [2.24, 2.45) is 5.73 Å². The molecule has 2 aliphatic rings. The van der Waals surface area contributed by atoms with Gasteiger partial charge in [0.25, 0.3) is 5.91 Å². The van der Waals surface area contributed by atoms with Crippen molar-refractivity contribution in [2.75, 3.05) is 19.6 Å². The summed E-state index contributed by atoms with van der Waals surface area (Å²) in [5.41, 5.74) is 5.65. The molecule has 1 aliphatic carbocycles. The smallest absolute Gasteiger partial charge is 0.382 e. The number of carbonyl (C=O) groups is 3. The number of halogens is 4. The normalized spacial score (nSPS) is 20.0. The molecule has 1 saturated heterocycles. The number of aldehydes is 1. The quantitative estimate of drug-likeness (QED) is 0.213. The molecule has 3 atom stereocenters. The largest absolute Gasteiger partial charge is 0.416 e. The zero-order valence-electron chi connectivity index (χ0n) is 25.2. The predicted octanol–water partition coefficient (Wildman–Crippen LogP) is 0.902. The lowest BCUT2D eigenvalue weighted by Gasteiger charge is -2.26. The van der Waals surface area contributed by atoms with Crippen molar-refractivity contribution < 1.29 is 32.7 Å². The van der Waals surface area contributed by atoms with E-state index in [1.165, 1.54) is 35.5 Å². The third-order valence-electron chi connectivity index (χ3n) is 8.21. The van der Waals surface area contributed by atoms with Crippen LogP contribution in [-0.4, -0.2) is 99.7 Å². The zero-order valence-corrected chi connectivity index (χ0v) is 25.9. The number of piperazine rings is 1. The first kappa shape index (κ1) is 33.0. The lowest BCUT2D eigenvalue weighted by molar-refractivity contribution is -0.207. The fourth-order valence-corrected chi connectivity index (χ4v) is 5.73. The highest BCUT2D eigenvalue weighted by atomic mass is 35.5. The highest BCUT2D eigenvalue weighted by molar-refractivity contribution is 6.30. The average Bonchev–Trinajstić information content (AvgIpc) is 3.33. The van der Waals surface area contributed by atoms with E-state index < -0.39 is 48.4 Å². The highest BCUT2D eigenvalue weighted by Crippen LogP contribution is 2.52. The first-order valence-electron chi connectivity index (χ1n) is 14.6. The van der Waals surface area contributed by atoms with Crippen LogP contribution in [0.3, 0.4) is 0 Å². The van der Waals surface area contributed by atoms with E-state index in [2.05, 4.69) is 25.5 Å². The van der Waals surface area contributed by atoms with Gasteiger partial charge in [0.15, 0.2) is 24.0 Å². The predicted molar refractivity (Wildman–Crippen MR) is 162 cm³/mol. The molecular weight excluding hydrogens is 661 g/mol. The lowest BCUT2D eigenvalue weighted by Crippen LogP contribution is -2.50. The van der Waals surface area contributed by atoms with Crippen LogP contribution in [0.25, 0.3) is 17.1 Å². The van der Waals surface area contributed by atoms with Crippen molar-refractivity contribution in [1.82, 2.24) is 44.3 Å². The Bertz CT molecular complexity index is 1990. The molecule has 1 saturated carbocycles. The molecule has 1 aromatic carbocycles. The molecule has 0 spiro atoms. The van der Waals surface area contributed by atoms with E-state index >= 15 is 0 Å². The van der Waals surface area contributed by atoms with Crippen LogP contribution >= 0.6 is 11.6 Å². The summed E-state index contributed by atoms with van der Waals surface area (Å²) < 4.78 is 43.1. The number of nitrogens with two attached hydrogens (primary N) is 1. The van der Waals surface area contributed by atoms with Crippen molar-refractivity contribution in [3.05, 3.63) is 74.9 Å². The van der Waals surface area contributed by atoms with Gasteiger partial charge in [0.05, 0.1) is 18.4 Å². The van der Waals surface area contributed by atoms with E-state index in [0.717, 1.165) is 9.36 Å². The first-order chi connectivity index (χ1) is 22.7. The summed E-state index contributed by atoms with van der Waals surface area (Å²) in [4.78, 5) is 60.7. The molecule has 1 aliphatic heterocycles. The summed E-state index contributed by atoms with van der Waals surface area (Å²) in [6, 6.07) is 5.99. The first-order valence-corrected chi connectivity index (χ1v) is 15.0. The molecule has 2 fully saturated rings. The maximum Gasteiger partial charge on any atom is 0.416 e. The van der Waals surface area contributed by atoms with E-state index in [-0.39, 0.29) is 59.8 Å². The summed E-state index contributed by atoms with van der Waals surface area (Å²) in [5.74, 6) is -2.03. The monoisotopic (exact) mass is 688 g/mol. The average molecular weight is 689 g/mol. The Labute approximate surface area is 274 Å².